The maximum Gasteiger partial charge on any atom is 0.423 e. The molecule has 0 saturated carbocycles. The summed E-state index contributed by atoms with van der Waals surface area (Å²) in [6, 6.07) is 0. The minimum Gasteiger partial charge on any atom is -0.303 e. The summed E-state index contributed by atoms with van der Waals surface area (Å²) in [5, 5.41) is 0. The Morgan fingerprint density at radius 2 is 1.64 bits per heavy atom. The quantitative estimate of drug-likeness (QED) is 0.485. The van der Waals surface area contributed by atoms with Crippen LogP contribution in [0.5, 0.6) is 0 Å². The monoisotopic (exact) mass is 271 g/mol. The number of halogens is 4. The molecule has 0 aliphatic carbocycles. The second kappa shape index (κ2) is 3.75. The average molecular weight is 271 g/mol. The van der Waals surface area contributed by atoms with Crippen molar-refractivity contribution in [2.24, 2.45) is 13.5 Å². The number of hydrogen-bond donors (Lipinski definition) is 0. The van der Waals surface area contributed by atoms with Gasteiger partial charge in [-0.15, -0.1) is 12.9 Å². The zero-order valence-corrected chi connectivity index (χ0v) is 9.99. The minimum atomic E-state index is -5.23. The van der Waals surface area contributed by atoms with Crippen LogP contribution in [0.2, 0.25) is 0 Å². The molecule has 0 aromatic rings. The molecule has 0 aromatic carbocycles. The maximum absolute atomic E-state index is 13.4. The first-order chi connectivity index (χ1) is 6.18. The summed E-state index contributed by atoms with van der Waals surface area (Å²) in [4.78, 5) is 0. The highest BCUT2D eigenvalue weighted by atomic mass is 31.3. The Hall–Kier alpha value is 0.370. The van der Waals surface area contributed by atoms with Crippen LogP contribution in [0.1, 0.15) is 6.92 Å². The molecule has 2 atom stereocenters. The van der Waals surface area contributed by atoms with Crippen LogP contribution in [-0.2, 0) is 4.52 Å². The molecule has 14 heavy (non-hydrogen) atoms. The Labute approximate surface area is 79.0 Å². The summed E-state index contributed by atoms with van der Waals surface area (Å²) in [7, 11) is -13.8. The maximum atomic E-state index is 13.4. The van der Waals surface area contributed by atoms with E-state index in [4.69, 9.17) is 0 Å². The molecule has 1 heterocycles. The summed E-state index contributed by atoms with van der Waals surface area (Å²) in [6.07, 6.45) is 0. The molecule has 0 N–H and O–H groups in total. The Morgan fingerprint density at radius 3 is 2.07 bits per heavy atom. The molecule has 1 aliphatic heterocycles. The summed E-state index contributed by atoms with van der Waals surface area (Å²) < 4.78 is 64.3. The Morgan fingerprint density at radius 1 is 1.07 bits per heavy atom. The van der Waals surface area contributed by atoms with Crippen molar-refractivity contribution in [3.63, 3.8) is 0 Å². The molecule has 0 fully saturated rings. The topological polar surface area (TPSA) is 46.3 Å². The highest BCUT2D eigenvalue weighted by Crippen LogP contribution is 2.80. The largest absolute Gasteiger partial charge is 0.423 e. The van der Waals surface area contributed by atoms with E-state index in [1.165, 1.54) is 6.92 Å². The lowest BCUT2D eigenvalue weighted by molar-refractivity contribution is 0.348. The molecule has 0 spiro atoms. The van der Waals surface area contributed by atoms with E-state index in [0.29, 0.717) is 0 Å². The molecular weight excluding hydrogens is 263 g/mol. The van der Waals surface area contributed by atoms with Crippen molar-refractivity contribution in [1.82, 2.24) is 0 Å². The molecule has 1 aliphatic rings. The third-order valence-electron chi connectivity index (χ3n) is 1.06. The van der Waals surface area contributed by atoms with Crippen molar-refractivity contribution in [3.05, 3.63) is 0 Å². The lowest BCUT2D eigenvalue weighted by atomic mass is 10.9. The van der Waals surface area contributed by atoms with Crippen LogP contribution in [0.3, 0.4) is 0 Å². The van der Waals surface area contributed by atoms with E-state index < -0.39 is 23.1 Å². The molecule has 0 saturated heterocycles. The van der Waals surface area contributed by atoms with E-state index in [1.54, 1.807) is 0 Å². The molecule has 1 rings (SSSR count). The van der Waals surface area contributed by atoms with E-state index >= 15 is 0 Å². The molecule has 2 unspecified atom stereocenters. The van der Waals surface area contributed by atoms with Gasteiger partial charge in [0.25, 0.3) is 0 Å². The van der Waals surface area contributed by atoms with Gasteiger partial charge in [0.15, 0.2) is 0 Å². The summed E-state index contributed by atoms with van der Waals surface area (Å²) in [5.41, 5.74) is 0. The number of rotatable bonds is 2. The van der Waals surface area contributed by atoms with E-state index in [0.717, 1.165) is 6.66 Å². The summed E-state index contributed by atoms with van der Waals surface area (Å²) >= 11 is 0. The highest BCUT2D eigenvalue weighted by molar-refractivity contribution is 7.79. The van der Waals surface area contributed by atoms with Gasteiger partial charge in [0.2, 0.25) is 7.52 Å². The van der Waals surface area contributed by atoms with Crippen molar-refractivity contribution >= 4 is 23.1 Å². The Kier molecular flexibility index (Phi) is 3.33. The van der Waals surface area contributed by atoms with E-state index in [9.17, 15) is 16.8 Å². The second-order valence-corrected chi connectivity index (χ2v) is 8.31. The zero-order chi connectivity index (χ0) is 11.0. The van der Waals surface area contributed by atoms with E-state index in [1.807, 2.05) is 0 Å². The van der Waals surface area contributed by atoms with Crippen LogP contribution in [0.15, 0.2) is 13.5 Å². The van der Waals surface area contributed by atoms with E-state index in [-0.39, 0.29) is 6.61 Å². The molecule has 4 nitrogen and oxygen atoms in total. The molecule has 0 amide bonds. The van der Waals surface area contributed by atoms with Gasteiger partial charge >= 0.3 is 15.6 Å². The normalized spacial score (nSPS) is 40.7. The van der Waals surface area contributed by atoms with Crippen molar-refractivity contribution in [3.8, 4) is 0 Å². The van der Waals surface area contributed by atoms with Gasteiger partial charge in [0.05, 0.1) is 6.61 Å². The fourth-order valence-electron chi connectivity index (χ4n) is 0.800. The van der Waals surface area contributed by atoms with Gasteiger partial charge in [-0.3, -0.25) is 0 Å². The first-order valence-electron chi connectivity index (χ1n) is 3.50. The first-order valence-corrected chi connectivity index (χ1v) is 8.51. The molecule has 11 heteroatoms. The van der Waals surface area contributed by atoms with Gasteiger partial charge in [-0.05, 0) is 6.92 Å². The predicted molar refractivity (Wildman–Crippen MR) is 50.0 cm³/mol. The second-order valence-electron chi connectivity index (χ2n) is 2.42. The number of hydrogen-bond acceptors (Lipinski definition) is 4. The van der Waals surface area contributed by atoms with Gasteiger partial charge in [-0.1, -0.05) is 0 Å². The summed E-state index contributed by atoms with van der Waals surface area (Å²) in [5.74, 6) is 0. The van der Waals surface area contributed by atoms with Crippen LogP contribution in [0.4, 0.5) is 16.8 Å². The van der Waals surface area contributed by atoms with E-state index in [2.05, 4.69) is 18.1 Å². The Bertz CT molecular complexity index is 386. The predicted octanol–water partition coefficient (Wildman–Crippen LogP) is 5.47. The minimum absolute atomic E-state index is 0.183. The lowest BCUT2D eigenvalue weighted by Crippen LogP contribution is -1.84. The molecule has 84 valence electrons. The van der Waals surface area contributed by atoms with Crippen LogP contribution in [0, 0.1) is 0 Å². The van der Waals surface area contributed by atoms with Gasteiger partial charge in [-0.2, -0.15) is 17.4 Å². The molecule has 0 aromatic heterocycles. The average Bonchev–Trinajstić information content (AvgIpc) is 1.75. The molecule has 0 bridgehead atoms. The van der Waals surface area contributed by atoms with Crippen LogP contribution in [-0.4, -0.2) is 13.3 Å². The first kappa shape index (κ1) is 12.4. The van der Waals surface area contributed by atoms with Gasteiger partial charge in [0.1, 0.15) is 0 Å². The SMILES string of the molecule is CCOP1(F)=NP(F)(F)=NP(C)(F)=N1. The fourth-order valence-corrected chi connectivity index (χ4v) is 7.18. The van der Waals surface area contributed by atoms with Crippen LogP contribution in [0.25, 0.3) is 0 Å². The van der Waals surface area contributed by atoms with Gasteiger partial charge in [-0.25, -0.2) is 0 Å². The van der Waals surface area contributed by atoms with Crippen molar-refractivity contribution in [2.75, 3.05) is 13.3 Å². The van der Waals surface area contributed by atoms with Crippen molar-refractivity contribution < 1.29 is 21.3 Å². The smallest absolute Gasteiger partial charge is 0.303 e. The lowest BCUT2D eigenvalue weighted by Gasteiger charge is -2.17. The third-order valence-corrected chi connectivity index (χ3v) is 7.74. The highest BCUT2D eigenvalue weighted by Gasteiger charge is 2.36. The van der Waals surface area contributed by atoms with Crippen LogP contribution >= 0.6 is 23.1 Å². The molecular formula is C3H8F4N3OP3. The van der Waals surface area contributed by atoms with Crippen molar-refractivity contribution in [1.29, 1.82) is 0 Å². The van der Waals surface area contributed by atoms with Gasteiger partial charge < -0.3 is 4.52 Å². The van der Waals surface area contributed by atoms with Gasteiger partial charge in [0, 0.05) is 6.66 Å². The van der Waals surface area contributed by atoms with Crippen molar-refractivity contribution in [2.45, 2.75) is 6.92 Å². The number of nitrogens with zero attached hydrogens (tertiary/aromatic N) is 3. The summed E-state index contributed by atoms with van der Waals surface area (Å²) in [6.45, 7) is 1.96. The fraction of sp³-hybridized carbons (Fsp3) is 1.00. The third kappa shape index (κ3) is 3.20. The zero-order valence-electron chi connectivity index (χ0n) is 7.31. The molecule has 0 radical (unpaired) electrons. The Balaban J connectivity index is 3.33. The standard InChI is InChI=1S/C3H8F4N3OP3/c1-3-11-14(7)9-12(2,4)8-13(5,6)10-14/h3H2,1-2H3. The van der Waals surface area contributed by atoms with Crippen LogP contribution < -0.4 is 0 Å².